The van der Waals surface area contributed by atoms with Gasteiger partial charge in [-0.25, -0.2) is 5.84 Å². The standard InChI is InChI=1S/C29H25N3/c30-32-27-18-10-8-16-23(27)25(29(32)21-13-5-2-6-14-21)19-24-22-15-7-9-17-26(22)31-28(24)20-11-3-1-4-12-20/h2-3,5-13,15-19,21H,1,4,14,30H2/p+1. The highest BCUT2D eigenvalue weighted by molar-refractivity contribution is 6.31. The molecule has 6 rings (SSSR count). The van der Waals surface area contributed by atoms with Gasteiger partial charge in [-0.2, -0.15) is 0 Å². The maximum Gasteiger partial charge on any atom is 0.243 e. The molecular formula is C29H26N3+. The maximum absolute atomic E-state index is 6.70. The summed E-state index contributed by atoms with van der Waals surface area (Å²) in [6, 6.07) is 17.0. The van der Waals surface area contributed by atoms with Crippen LogP contribution in [0.3, 0.4) is 0 Å². The first kappa shape index (κ1) is 18.9. The summed E-state index contributed by atoms with van der Waals surface area (Å²) in [5, 5.41) is 1.24. The zero-order valence-electron chi connectivity index (χ0n) is 18.0. The number of benzene rings is 2. The molecule has 0 saturated carbocycles. The summed E-state index contributed by atoms with van der Waals surface area (Å²) < 4.78 is 1.89. The van der Waals surface area contributed by atoms with E-state index in [0.29, 0.717) is 0 Å². The Bertz CT molecular complexity index is 1410. The van der Waals surface area contributed by atoms with Crippen molar-refractivity contribution in [2.75, 3.05) is 0 Å². The lowest BCUT2D eigenvalue weighted by Gasteiger charge is -2.12. The van der Waals surface area contributed by atoms with Crippen LogP contribution in [0.15, 0.2) is 91.1 Å². The van der Waals surface area contributed by atoms with E-state index in [1.54, 1.807) is 0 Å². The lowest BCUT2D eigenvalue weighted by Crippen LogP contribution is -2.25. The zero-order valence-corrected chi connectivity index (χ0v) is 18.0. The molecule has 0 radical (unpaired) electrons. The summed E-state index contributed by atoms with van der Waals surface area (Å²) >= 11 is 0. The topological polar surface area (TPSA) is 44.8 Å². The van der Waals surface area contributed by atoms with E-state index in [2.05, 4.69) is 102 Å². The summed E-state index contributed by atoms with van der Waals surface area (Å²) in [6.07, 6.45) is 21.1. The van der Waals surface area contributed by atoms with Crippen molar-refractivity contribution in [2.45, 2.75) is 19.3 Å². The van der Waals surface area contributed by atoms with Gasteiger partial charge in [0.15, 0.2) is 0 Å². The molecule has 156 valence electrons. The Hall–Kier alpha value is -3.85. The lowest BCUT2D eigenvalue weighted by atomic mass is 9.87. The summed E-state index contributed by atoms with van der Waals surface area (Å²) in [7, 11) is 0. The molecular weight excluding hydrogens is 390 g/mol. The molecule has 32 heavy (non-hydrogen) atoms. The van der Waals surface area contributed by atoms with Crippen molar-refractivity contribution < 1.29 is 4.68 Å². The van der Waals surface area contributed by atoms with Gasteiger partial charge in [0.2, 0.25) is 11.4 Å². The largest absolute Gasteiger partial charge is 0.354 e. The predicted molar refractivity (Wildman–Crippen MR) is 134 cm³/mol. The number of para-hydroxylation sites is 2. The molecule has 0 fully saturated rings. The van der Waals surface area contributed by atoms with Crippen LogP contribution in [0.25, 0.3) is 28.1 Å². The van der Waals surface area contributed by atoms with Crippen LogP contribution in [0.4, 0.5) is 5.69 Å². The van der Waals surface area contributed by atoms with Crippen molar-refractivity contribution in [1.29, 1.82) is 0 Å². The van der Waals surface area contributed by atoms with E-state index in [9.17, 15) is 0 Å². The fraction of sp³-hybridized carbons (Fsp3) is 0.138. The van der Waals surface area contributed by atoms with Crippen molar-refractivity contribution in [3.63, 3.8) is 0 Å². The number of nitrogens with one attached hydrogen (secondary N) is 1. The van der Waals surface area contributed by atoms with Crippen LogP contribution in [0.2, 0.25) is 0 Å². The molecule has 1 atom stereocenters. The second kappa shape index (κ2) is 7.69. The highest BCUT2D eigenvalue weighted by atomic mass is 15.3. The number of hydrogen-bond donors (Lipinski definition) is 2. The predicted octanol–water partition coefficient (Wildman–Crippen LogP) is 6.55. The number of aromatic nitrogens is 1. The first-order chi connectivity index (χ1) is 15.8. The van der Waals surface area contributed by atoms with Gasteiger partial charge in [-0.3, -0.25) is 0 Å². The van der Waals surface area contributed by atoms with E-state index in [4.69, 9.17) is 5.84 Å². The van der Waals surface area contributed by atoms with Crippen LogP contribution in [-0.4, -0.2) is 15.4 Å². The van der Waals surface area contributed by atoms with Crippen molar-refractivity contribution in [1.82, 2.24) is 4.98 Å². The molecule has 1 aliphatic heterocycles. The Kier molecular flexibility index (Phi) is 4.53. The summed E-state index contributed by atoms with van der Waals surface area (Å²) in [4.78, 5) is 3.69. The number of H-pyrrole nitrogens is 1. The molecule has 0 saturated heterocycles. The Balaban J connectivity index is 1.60. The van der Waals surface area contributed by atoms with Crippen LogP contribution >= 0.6 is 0 Å². The second-order valence-electron chi connectivity index (χ2n) is 8.58. The van der Waals surface area contributed by atoms with Crippen LogP contribution in [0, 0.1) is 5.92 Å². The normalized spacial score (nSPS) is 20.9. The first-order valence-electron chi connectivity index (χ1n) is 11.4. The SMILES string of the molecule is N[N+]1=C(C2C=CC=CC2)/C(=C/c2c(C3=CCCC=C3)[nH]c3ccccc23)c2ccccc21. The van der Waals surface area contributed by atoms with Crippen molar-refractivity contribution >= 4 is 39.5 Å². The molecule has 3 nitrogen and oxygen atoms in total. The van der Waals surface area contributed by atoms with Crippen molar-refractivity contribution in [3.8, 4) is 0 Å². The van der Waals surface area contributed by atoms with Gasteiger partial charge in [0.1, 0.15) is 0 Å². The van der Waals surface area contributed by atoms with Crippen LogP contribution in [-0.2, 0) is 0 Å². The number of allylic oxidation sites excluding steroid dienone is 9. The minimum absolute atomic E-state index is 0.256. The van der Waals surface area contributed by atoms with Gasteiger partial charge in [-0.1, -0.05) is 77.5 Å². The molecule has 3 N–H and O–H groups in total. The van der Waals surface area contributed by atoms with E-state index in [1.807, 2.05) is 4.68 Å². The molecule has 1 unspecified atom stereocenters. The number of fused-ring (bicyclic) bond motifs is 2. The third kappa shape index (κ3) is 3.01. The number of hydrazine groups is 1. The minimum Gasteiger partial charge on any atom is -0.354 e. The molecule has 1 aromatic heterocycles. The smallest absolute Gasteiger partial charge is 0.243 e. The minimum atomic E-state index is 0.256. The van der Waals surface area contributed by atoms with E-state index in [0.717, 1.165) is 36.2 Å². The number of nitrogens with zero attached hydrogens (tertiary/aromatic N) is 1. The molecule has 0 bridgehead atoms. The highest BCUT2D eigenvalue weighted by Gasteiger charge is 2.38. The average Bonchev–Trinajstić information content (AvgIpc) is 3.36. The number of rotatable bonds is 3. The second-order valence-corrected chi connectivity index (χ2v) is 8.58. The molecule has 2 aromatic carbocycles. The van der Waals surface area contributed by atoms with Gasteiger partial charge in [0, 0.05) is 22.5 Å². The van der Waals surface area contributed by atoms with Gasteiger partial charge in [-0.05, 0) is 43.0 Å². The maximum atomic E-state index is 6.70. The Morgan fingerprint density at radius 2 is 1.84 bits per heavy atom. The van der Waals surface area contributed by atoms with E-state index < -0.39 is 0 Å². The monoisotopic (exact) mass is 416 g/mol. The molecule has 2 heterocycles. The number of nitrogens with two attached hydrogens (primary N) is 1. The summed E-state index contributed by atoms with van der Waals surface area (Å²) in [5.74, 6) is 6.96. The fourth-order valence-electron chi connectivity index (χ4n) is 5.11. The number of aromatic amines is 1. The zero-order chi connectivity index (χ0) is 21.5. The van der Waals surface area contributed by atoms with Crippen LogP contribution in [0.1, 0.15) is 36.1 Å². The van der Waals surface area contributed by atoms with Crippen molar-refractivity contribution in [3.05, 3.63) is 108 Å². The van der Waals surface area contributed by atoms with Gasteiger partial charge in [0.05, 0.1) is 22.7 Å². The third-order valence-corrected chi connectivity index (χ3v) is 6.64. The molecule has 0 amide bonds. The molecule has 3 heteroatoms. The fourth-order valence-corrected chi connectivity index (χ4v) is 5.11. The van der Waals surface area contributed by atoms with E-state index in [1.165, 1.54) is 33.4 Å². The molecule has 0 spiro atoms. The van der Waals surface area contributed by atoms with Gasteiger partial charge in [-0.15, -0.1) is 0 Å². The highest BCUT2D eigenvalue weighted by Crippen LogP contribution is 2.40. The van der Waals surface area contributed by atoms with Crippen molar-refractivity contribution in [2.24, 2.45) is 11.8 Å². The first-order valence-corrected chi connectivity index (χ1v) is 11.4. The Morgan fingerprint density at radius 3 is 2.69 bits per heavy atom. The molecule has 3 aliphatic rings. The van der Waals surface area contributed by atoms with Crippen LogP contribution in [0.5, 0.6) is 0 Å². The summed E-state index contributed by atoms with van der Waals surface area (Å²) in [6.45, 7) is 0. The average molecular weight is 417 g/mol. The summed E-state index contributed by atoms with van der Waals surface area (Å²) in [5.41, 5.74) is 9.46. The van der Waals surface area contributed by atoms with Gasteiger partial charge >= 0.3 is 0 Å². The Morgan fingerprint density at radius 1 is 0.969 bits per heavy atom. The Labute approximate surface area is 188 Å². The van der Waals surface area contributed by atoms with E-state index >= 15 is 0 Å². The quantitative estimate of drug-likeness (QED) is 0.369. The molecule has 2 aliphatic carbocycles. The van der Waals surface area contributed by atoms with Crippen LogP contribution < -0.4 is 5.84 Å². The van der Waals surface area contributed by atoms with E-state index in [-0.39, 0.29) is 5.92 Å². The number of hydrogen-bond acceptors (Lipinski definition) is 1. The van der Waals surface area contributed by atoms with Gasteiger partial charge < -0.3 is 4.98 Å². The number of hydrazone groups is 1. The molecule has 3 aromatic rings. The third-order valence-electron chi connectivity index (χ3n) is 6.64. The van der Waals surface area contributed by atoms with Gasteiger partial charge in [0.25, 0.3) is 0 Å². The lowest BCUT2D eigenvalue weighted by molar-refractivity contribution is -0.450.